The van der Waals surface area contributed by atoms with Gasteiger partial charge in [-0.2, -0.15) is 0 Å². The summed E-state index contributed by atoms with van der Waals surface area (Å²) in [6.07, 6.45) is 2.21. The molecule has 0 radical (unpaired) electrons. The monoisotopic (exact) mass is 319 g/mol. The quantitative estimate of drug-likeness (QED) is 0.779. The van der Waals surface area contributed by atoms with Gasteiger partial charge < -0.3 is 15.2 Å². The van der Waals surface area contributed by atoms with Crippen molar-refractivity contribution in [2.45, 2.75) is 12.5 Å². The van der Waals surface area contributed by atoms with Gasteiger partial charge in [0, 0.05) is 35.4 Å². The Morgan fingerprint density at radius 2 is 2.04 bits per heavy atom. The fraction of sp³-hybridized carbons (Fsp3) is 0.158. The topological polar surface area (TPSA) is 63.1 Å². The molecule has 0 saturated carbocycles. The first-order chi connectivity index (χ1) is 11.6. The number of benzene rings is 2. The van der Waals surface area contributed by atoms with E-state index in [4.69, 9.17) is 0 Å². The van der Waals surface area contributed by atoms with Crippen molar-refractivity contribution < 1.29 is 9.59 Å². The lowest BCUT2D eigenvalue weighted by molar-refractivity contribution is -0.116. The molecule has 0 fully saturated rings. The van der Waals surface area contributed by atoms with Crippen molar-refractivity contribution in [3.63, 3.8) is 0 Å². The molecule has 0 spiro atoms. The molecule has 5 nitrogen and oxygen atoms in total. The number of carbonyl (C=O) groups excluding carboxylic acids is 2. The molecule has 4 rings (SSSR count). The van der Waals surface area contributed by atoms with Crippen LogP contribution in [0.5, 0.6) is 0 Å². The molecule has 1 unspecified atom stereocenters. The van der Waals surface area contributed by atoms with E-state index in [2.05, 4.69) is 10.6 Å². The standard InChI is InChI=1S/C19H17N3O2/c1-22-9-8-12-10-13(6-7-17(12)22)20-18(23)11-16-14-4-2-3-5-15(14)19(24)21-16/h2-10,16H,11H2,1H3,(H,20,23)(H,21,24). The van der Waals surface area contributed by atoms with Crippen molar-refractivity contribution >= 4 is 28.4 Å². The van der Waals surface area contributed by atoms with Crippen LogP contribution in [0, 0.1) is 0 Å². The van der Waals surface area contributed by atoms with Crippen LogP contribution in [-0.2, 0) is 11.8 Å². The Labute approximate surface area is 139 Å². The highest BCUT2D eigenvalue weighted by Gasteiger charge is 2.29. The Morgan fingerprint density at radius 3 is 2.92 bits per heavy atom. The lowest BCUT2D eigenvalue weighted by Crippen LogP contribution is -2.24. The number of nitrogens with zero attached hydrogens (tertiary/aromatic N) is 1. The number of fused-ring (bicyclic) bond motifs is 2. The largest absolute Gasteiger partial charge is 0.351 e. The fourth-order valence-electron chi connectivity index (χ4n) is 3.24. The van der Waals surface area contributed by atoms with Gasteiger partial charge in [-0.15, -0.1) is 0 Å². The van der Waals surface area contributed by atoms with Crippen molar-refractivity contribution in [1.29, 1.82) is 0 Å². The second-order valence-electron chi connectivity index (χ2n) is 6.07. The zero-order valence-electron chi connectivity index (χ0n) is 13.2. The van der Waals surface area contributed by atoms with E-state index in [1.54, 1.807) is 6.07 Å². The van der Waals surface area contributed by atoms with Crippen LogP contribution in [0.2, 0.25) is 0 Å². The van der Waals surface area contributed by atoms with Gasteiger partial charge >= 0.3 is 0 Å². The number of aromatic nitrogens is 1. The minimum atomic E-state index is -0.269. The molecular weight excluding hydrogens is 302 g/mol. The van der Waals surface area contributed by atoms with Gasteiger partial charge in [0.2, 0.25) is 5.91 Å². The van der Waals surface area contributed by atoms with Gasteiger partial charge in [-0.3, -0.25) is 9.59 Å². The average Bonchev–Trinajstić information content (AvgIpc) is 3.09. The Morgan fingerprint density at radius 1 is 1.21 bits per heavy atom. The second kappa shape index (κ2) is 5.53. The summed E-state index contributed by atoms with van der Waals surface area (Å²) in [7, 11) is 1.99. The number of hydrogen-bond donors (Lipinski definition) is 2. The maximum Gasteiger partial charge on any atom is 0.252 e. The summed E-state index contributed by atoms with van der Waals surface area (Å²) in [5.41, 5.74) is 3.42. The molecule has 2 aromatic carbocycles. The van der Waals surface area contributed by atoms with E-state index in [9.17, 15) is 9.59 Å². The zero-order valence-corrected chi connectivity index (χ0v) is 13.2. The second-order valence-corrected chi connectivity index (χ2v) is 6.07. The molecule has 0 saturated heterocycles. The lowest BCUT2D eigenvalue weighted by Gasteiger charge is -2.12. The van der Waals surface area contributed by atoms with Crippen molar-refractivity contribution in [2.24, 2.45) is 7.05 Å². The highest BCUT2D eigenvalue weighted by atomic mass is 16.2. The van der Waals surface area contributed by atoms with Crippen LogP contribution in [0.3, 0.4) is 0 Å². The van der Waals surface area contributed by atoms with E-state index in [1.807, 2.05) is 60.3 Å². The van der Waals surface area contributed by atoms with Crippen molar-refractivity contribution in [3.05, 3.63) is 65.9 Å². The van der Waals surface area contributed by atoms with Crippen LogP contribution in [0.1, 0.15) is 28.4 Å². The summed E-state index contributed by atoms with van der Waals surface area (Å²) in [6, 6.07) is 15.0. The molecule has 0 aliphatic carbocycles. The molecule has 0 bridgehead atoms. The number of amides is 2. The summed E-state index contributed by atoms with van der Waals surface area (Å²) >= 11 is 0. The van der Waals surface area contributed by atoms with E-state index in [1.165, 1.54) is 0 Å². The molecule has 120 valence electrons. The smallest absolute Gasteiger partial charge is 0.252 e. The third-order valence-electron chi connectivity index (χ3n) is 4.44. The summed E-state index contributed by atoms with van der Waals surface area (Å²) < 4.78 is 2.03. The number of anilines is 1. The summed E-state index contributed by atoms with van der Waals surface area (Å²) in [5, 5.41) is 6.86. The Balaban J connectivity index is 1.49. The molecule has 3 aromatic rings. The Hall–Kier alpha value is -3.08. The highest BCUT2D eigenvalue weighted by molar-refractivity contribution is 6.01. The predicted molar refractivity (Wildman–Crippen MR) is 92.8 cm³/mol. The third kappa shape index (κ3) is 2.44. The normalized spacial score (nSPS) is 16.0. The van der Waals surface area contributed by atoms with Gasteiger partial charge in [0.15, 0.2) is 0 Å². The SMILES string of the molecule is Cn1ccc2cc(NC(=O)CC3NC(=O)c4ccccc43)ccc21. The van der Waals surface area contributed by atoms with Crippen molar-refractivity contribution in [1.82, 2.24) is 9.88 Å². The van der Waals surface area contributed by atoms with Gasteiger partial charge in [0.05, 0.1) is 12.5 Å². The van der Waals surface area contributed by atoms with Crippen LogP contribution < -0.4 is 10.6 Å². The van der Waals surface area contributed by atoms with E-state index in [-0.39, 0.29) is 24.3 Å². The Bertz CT molecular complexity index is 958. The third-order valence-corrected chi connectivity index (χ3v) is 4.44. The van der Waals surface area contributed by atoms with Crippen molar-refractivity contribution in [2.75, 3.05) is 5.32 Å². The van der Waals surface area contributed by atoms with E-state index in [0.717, 1.165) is 22.2 Å². The molecule has 2 N–H and O–H groups in total. The van der Waals surface area contributed by atoms with Crippen LogP contribution in [0.25, 0.3) is 10.9 Å². The molecule has 1 aromatic heterocycles. The molecule has 1 aliphatic rings. The number of rotatable bonds is 3. The van der Waals surface area contributed by atoms with Crippen LogP contribution in [0.4, 0.5) is 5.69 Å². The number of aryl methyl sites for hydroxylation is 1. The first-order valence-electron chi connectivity index (χ1n) is 7.86. The van der Waals surface area contributed by atoms with Gasteiger partial charge in [0.25, 0.3) is 5.91 Å². The van der Waals surface area contributed by atoms with Crippen LogP contribution in [0.15, 0.2) is 54.7 Å². The van der Waals surface area contributed by atoms with Gasteiger partial charge in [-0.25, -0.2) is 0 Å². The maximum absolute atomic E-state index is 12.4. The number of nitrogens with one attached hydrogen (secondary N) is 2. The van der Waals surface area contributed by atoms with Gasteiger partial charge in [0.1, 0.15) is 0 Å². The van der Waals surface area contributed by atoms with Crippen molar-refractivity contribution in [3.8, 4) is 0 Å². The first kappa shape index (κ1) is 14.5. The van der Waals surface area contributed by atoms with E-state index >= 15 is 0 Å². The molecular formula is C19H17N3O2. The average molecular weight is 319 g/mol. The van der Waals surface area contributed by atoms with E-state index in [0.29, 0.717) is 5.56 Å². The zero-order chi connectivity index (χ0) is 16.7. The first-order valence-corrected chi connectivity index (χ1v) is 7.86. The summed E-state index contributed by atoms with van der Waals surface area (Å²) in [5.74, 6) is -0.235. The van der Waals surface area contributed by atoms with Crippen LogP contribution in [-0.4, -0.2) is 16.4 Å². The fourth-order valence-corrected chi connectivity index (χ4v) is 3.24. The molecule has 1 atom stereocenters. The summed E-state index contributed by atoms with van der Waals surface area (Å²) in [6.45, 7) is 0. The highest BCUT2D eigenvalue weighted by Crippen LogP contribution is 2.28. The maximum atomic E-state index is 12.4. The predicted octanol–water partition coefficient (Wildman–Crippen LogP) is 2.99. The molecule has 1 aliphatic heterocycles. The summed E-state index contributed by atoms with van der Waals surface area (Å²) in [4.78, 5) is 24.3. The van der Waals surface area contributed by atoms with Crippen LogP contribution >= 0.6 is 0 Å². The molecule has 5 heteroatoms. The van der Waals surface area contributed by atoms with Gasteiger partial charge in [-0.1, -0.05) is 18.2 Å². The lowest BCUT2D eigenvalue weighted by atomic mass is 10.0. The number of carbonyl (C=O) groups is 2. The molecule has 24 heavy (non-hydrogen) atoms. The Kier molecular flexibility index (Phi) is 3.34. The molecule has 2 heterocycles. The number of hydrogen-bond acceptors (Lipinski definition) is 2. The van der Waals surface area contributed by atoms with E-state index < -0.39 is 0 Å². The minimum Gasteiger partial charge on any atom is -0.351 e. The van der Waals surface area contributed by atoms with Gasteiger partial charge in [-0.05, 0) is 35.9 Å². The minimum absolute atomic E-state index is 0.117. The molecule has 2 amide bonds.